The molecule has 0 radical (unpaired) electrons. The first kappa shape index (κ1) is 21.4. The quantitative estimate of drug-likeness (QED) is 0.611. The Morgan fingerprint density at radius 3 is 2.46 bits per heavy atom. The molecular formula is C21H25FN2O4. The van der Waals surface area contributed by atoms with Crippen LogP contribution in [0.3, 0.4) is 0 Å². The van der Waals surface area contributed by atoms with Crippen LogP contribution >= 0.6 is 0 Å². The van der Waals surface area contributed by atoms with Gasteiger partial charge in [0.25, 0.3) is 5.91 Å². The molecule has 0 fully saturated rings. The molecule has 0 saturated heterocycles. The van der Waals surface area contributed by atoms with E-state index in [9.17, 15) is 14.0 Å². The number of amides is 2. The van der Waals surface area contributed by atoms with Crippen LogP contribution in [0.2, 0.25) is 0 Å². The molecule has 1 atom stereocenters. The summed E-state index contributed by atoms with van der Waals surface area (Å²) in [5, 5.41) is 11.5. The highest BCUT2D eigenvalue weighted by Crippen LogP contribution is 2.13. The summed E-state index contributed by atoms with van der Waals surface area (Å²) in [5.41, 5.74) is 0.699. The number of rotatable bonds is 10. The van der Waals surface area contributed by atoms with Gasteiger partial charge in [0.1, 0.15) is 17.6 Å². The molecule has 7 heteroatoms. The van der Waals surface area contributed by atoms with Gasteiger partial charge < -0.3 is 20.1 Å². The number of benzene rings is 2. The van der Waals surface area contributed by atoms with Crippen molar-refractivity contribution in [1.29, 1.82) is 0 Å². The highest BCUT2D eigenvalue weighted by Gasteiger charge is 2.26. The van der Waals surface area contributed by atoms with Crippen LogP contribution in [0.25, 0.3) is 0 Å². The first-order valence-corrected chi connectivity index (χ1v) is 9.11. The summed E-state index contributed by atoms with van der Waals surface area (Å²) in [7, 11) is 0. The Bertz CT molecular complexity index is 753. The standard InChI is InChI=1S/C21H25FN2O4/c1-16(21(27)23-12-5-13-25)24(14-17-8-10-18(22)11-9-17)20(26)15-28-19-6-3-2-4-7-19/h2-4,6-11,16,25H,5,12-15H2,1H3,(H,23,27). The third-order valence-corrected chi connectivity index (χ3v) is 4.17. The van der Waals surface area contributed by atoms with Gasteiger partial charge in [-0.1, -0.05) is 30.3 Å². The van der Waals surface area contributed by atoms with Gasteiger partial charge in [-0.3, -0.25) is 9.59 Å². The number of carbonyl (C=O) groups is 2. The number of halogens is 1. The number of aliphatic hydroxyl groups is 1. The molecule has 0 aromatic heterocycles. The SMILES string of the molecule is CC(C(=O)NCCCO)N(Cc1ccc(F)cc1)C(=O)COc1ccccc1. The Hall–Kier alpha value is -2.93. The fourth-order valence-corrected chi connectivity index (χ4v) is 2.55. The maximum atomic E-state index is 13.2. The van der Waals surface area contributed by atoms with E-state index in [1.54, 1.807) is 43.3 Å². The van der Waals surface area contributed by atoms with Crippen LogP contribution in [-0.2, 0) is 16.1 Å². The van der Waals surface area contributed by atoms with Gasteiger partial charge in [-0.15, -0.1) is 0 Å². The Morgan fingerprint density at radius 1 is 1.14 bits per heavy atom. The summed E-state index contributed by atoms with van der Waals surface area (Å²) in [6.07, 6.45) is 0.432. The summed E-state index contributed by atoms with van der Waals surface area (Å²) in [6, 6.07) is 13.9. The van der Waals surface area contributed by atoms with Gasteiger partial charge >= 0.3 is 0 Å². The van der Waals surface area contributed by atoms with Gasteiger partial charge in [-0.25, -0.2) is 4.39 Å². The summed E-state index contributed by atoms with van der Waals surface area (Å²) in [6.45, 7) is 1.83. The smallest absolute Gasteiger partial charge is 0.261 e. The average Bonchev–Trinajstić information content (AvgIpc) is 2.72. The molecule has 28 heavy (non-hydrogen) atoms. The van der Waals surface area contributed by atoms with Gasteiger partial charge in [0.15, 0.2) is 6.61 Å². The predicted octanol–water partition coefficient (Wildman–Crippen LogP) is 2.12. The monoisotopic (exact) mass is 388 g/mol. The molecule has 1 unspecified atom stereocenters. The zero-order valence-corrected chi connectivity index (χ0v) is 15.8. The number of carbonyl (C=O) groups excluding carboxylic acids is 2. The van der Waals surface area contributed by atoms with Crippen molar-refractivity contribution < 1.29 is 23.8 Å². The second-order valence-electron chi connectivity index (χ2n) is 6.29. The molecule has 0 heterocycles. The number of aliphatic hydroxyl groups excluding tert-OH is 1. The molecule has 2 aromatic carbocycles. The van der Waals surface area contributed by atoms with Crippen LogP contribution in [0.1, 0.15) is 18.9 Å². The molecule has 2 aromatic rings. The van der Waals surface area contributed by atoms with Crippen molar-refractivity contribution in [2.75, 3.05) is 19.8 Å². The molecule has 150 valence electrons. The van der Waals surface area contributed by atoms with Crippen molar-refractivity contribution in [2.45, 2.75) is 25.9 Å². The number of ether oxygens (including phenoxy) is 1. The number of nitrogens with zero attached hydrogens (tertiary/aromatic N) is 1. The van der Waals surface area contributed by atoms with E-state index in [1.807, 2.05) is 6.07 Å². The molecule has 0 spiro atoms. The van der Waals surface area contributed by atoms with Crippen LogP contribution in [0.4, 0.5) is 4.39 Å². The van der Waals surface area contributed by atoms with E-state index in [0.717, 1.165) is 0 Å². The van der Waals surface area contributed by atoms with Crippen molar-refractivity contribution >= 4 is 11.8 Å². The summed E-state index contributed by atoms with van der Waals surface area (Å²) >= 11 is 0. The van der Waals surface area contributed by atoms with E-state index >= 15 is 0 Å². The van der Waals surface area contributed by atoms with Crippen molar-refractivity contribution in [2.24, 2.45) is 0 Å². The molecule has 2 N–H and O–H groups in total. The molecular weight excluding hydrogens is 363 g/mol. The average molecular weight is 388 g/mol. The third kappa shape index (κ3) is 6.66. The lowest BCUT2D eigenvalue weighted by Gasteiger charge is -2.28. The second kappa shape index (κ2) is 11.0. The van der Waals surface area contributed by atoms with Crippen LogP contribution in [0.15, 0.2) is 54.6 Å². The summed E-state index contributed by atoms with van der Waals surface area (Å²) in [4.78, 5) is 26.6. The van der Waals surface area contributed by atoms with Gasteiger partial charge in [0.05, 0.1) is 0 Å². The largest absolute Gasteiger partial charge is 0.484 e. The number of nitrogens with one attached hydrogen (secondary N) is 1. The van der Waals surface area contributed by atoms with Crippen LogP contribution in [-0.4, -0.2) is 47.6 Å². The normalized spacial score (nSPS) is 11.5. The molecule has 0 aliphatic heterocycles. The van der Waals surface area contributed by atoms with Crippen LogP contribution in [0.5, 0.6) is 5.75 Å². The van der Waals surface area contributed by atoms with E-state index in [-0.39, 0.29) is 37.4 Å². The fraction of sp³-hybridized carbons (Fsp3) is 0.333. The lowest BCUT2D eigenvalue weighted by molar-refractivity contribution is -0.142. The molecule has 2 rings (SSSR count). The highest BCUT2D eigenvalue weighted by atomic mass is 19.1. The van der Waals surface area contributed by atoms with E-state index in [0.29, 0.717) is 24.3 Å². The van der Waals surface area contributed by atoms with E-state index < -0.39 is 6.04 Å². The topological polar surface area (TPSA) is 78.9 Å². The van der Waals surface area contributed by atoms with Gasteiger partial charge in [0, 0.05) is 19.7 Å². The number of para-hydroxylation sites is 1. The highest BCUT2D eigenvalue weighted by molar-refractivity contribution is 5.87. The molecule has 0 aliphatic rings. The molecule has 0 aliphatic carbocycles. The minimum atomic E-state index is -0.754. The minimum absolute atomic E-state index is 0.0300. The fourth-order valence-electron chi connectivity index (χ4n) is 2.55. The third-order valence-electron chi connectivity index (χ3n) is 4.17. The summed E-state index contributed by atoms with van der Waals surface area (Å²) in [5.74, 6) is -0.511. The first-order valence-electron chi connectivity index (χ1n) is 9.11. The van der Waals surface area contributed by atoms with Gasteiger partial charge in [-0.2, -0.15) is 0 Å². The van der Waals surface area contributed by atoms with Crippen molar-refractivity contribution in [3.8, 4) is 5.75 Å². The lowest BCUT2D eigenvalue weighted by Crippen LogP contribution is -2.49. The maximum Gasteiger partial charge on any atom is 0.261 e. The molecule has 0 bridgehead atoms. The van der Waals surface area contributed by atoms with E-state index in [2.05, 4.69) is 5.32 Å². The van der Waals surface area contributed by atoms with Crippen molar-refractivity contribution in [3.63, 3.8) is 0 Å². The molecule has 6 nitrogen and oxygen atoms in total. The Balaban J connectivity index is 2.08. The van der Waals surface area contributed by atoms with E-state index in [1.165, 1.54) is 17.0 Å². The maximum absolute atomic E-state index is 13.2. The molecule has 2 amide bonds. The van der Waals surface area contributed by atoms with Crippen molar-refractivity contribution in [3.05, 3.63) is 66.0 Å². The molecule has 0 saturated carbocycles. The number of hydrogen-bond donors (Lipinski definition) is 2. The van der Waals surface area contributed by atoms with Crippen LogP contribution in [0, 0.1) is 5.82 Å². The van der Waals surface area contributed by atoms with Gasteiger partial charge in [-0.05, 0) is 43.2 Å². The zero-order chi connectivity index (χ0) is 20.4. The first-order chi connectivity index (χ1) is 13.5. The second-order valence-corrected chi connectivity index (χ2v) is 6.29. The summed E-state index contributed by atoms with van der Waals surface area (Å²) < 4.78 is 18.7. The van der Waals surface area contributed by atoms with E-state index in [4.69, 9.17) is 9.84 Å². The number of hydrogen-bond acceptors (Lipinski definition) is 4. The van der Waals surface area contributed by atoms with Gasteiger partial charge in [0.2, 0.25) is 5.91 Å². The predicted molar refractivity (Wildman–Crippen MR) is 103 cm³/mol. The zero-order valence-electron chi connectivity index (χ0n) is 15.8. The van der Waals surface area contributed by atoms with Crippen LogP contribution < -0.4 is 10.1 Å². The Morgan fingerprint density at radius 2 is 1.82 bits per heavy atom. The lowest BCUT2D eigenvalue weighted by atomic mass is 10.1. The minimum Gasteiger partial charge on any atom is -0.484 e. The Labute approximate surface area is 163 Å². The van der Waals surface area contributed by atoms with Crippen molar-refractivity contribution in [1.82, 2.24) is 10.2 Å². The Kier molecular flexibility index (Phi) is 8.42.